The molecule has 0 radical (unpaired) electrons. The Bertz CT molecular complexity index is 1760. The fourth-order valence-electron chi connectivity index (χ4n) is 7.18. The summed E-state index contributed by atoms with van der Waals surface area (Å²) in [6, 6.07) is 15.9. The zero-order chi connectivity index (χ0) is 33.5. The minimum atomic E-state index is -5.00. The van der Waals surface area contributed by atoms with E-state index in [9.17, 15) is 38.4 Å². The number of carbonyl (C=O) groups is 3. The van der Waals surface area contributed by atoms with Gasteiger partial charge in [-0.1, -0.05) is 43.3 Å². The number of alkyl halides is 1. The molecule has 1 aromatic heterocycles. The molecule has 3 N–H and O–H groups in total. The van der Waals surface area contributed by atoms with Gasteiger partial charge in [-0.05, 0) is 60.5 Å². The number of amides is 3. The van der Waals surface area contributed by atoms with Crippen LogP contribution in [0.25, 0.3) is 10.1 Å². The second-order valence-corrected chi connectivity index (χ2v) is 15.2. The van der Waals surface area contributed by atoms with Crippen molar-refractivity contribution in [1.29, 1.82) is 5.26 Å². The van der Waals surface area contributed by atoms with Gasteiger partial charge in [0.1, 0.15) is 12.1 Å². The number of hydrogen-bond acceptors (Lipinski definition) is 7. The number of carbonyl (C=O) groups excluding carboxylic acids is 3. The van der Waals surface area contributed by atoms with Crippen molar-refractivity contribution in [2.45, 2.75) is 56.1 Å². The number of nitrogens with zero attached hydrogens (tertiary/aromatic N) is 4. The highest BCUT2D eigenvalue weighted by molar-refractivity contribution is 7.51. The number of likely N-dealkylation sites (tertiary alicyclic amines) is 1. The Labute approximate surface area is 276 Å². The first-order chi connectivity index (χ1) is 22.5. The number of fused-ring (bicyclic) bond motifs is 2. The molecule has 6 atom stereocenters. The molecule has 3 aliphatic heterocycles. The highest BCUT2D eigenvalue weighted by Gasteiger charge is 2.48. The molecule has 14 heteroatoms. The molecular weight excluding hydrogens is 644 g/mol. The molecule has 3 saturated heterocycles. The van der Waals surface area contributed by atoms with Crippen molar-refractivity contribution in [3.63, 3.8) is 0 Å². The maximum atomic E-state index is 14.3. The van der Waals surface area contributed by atoms with Crippen LogP contribution in [0.5, 0.6) is 0 Å². The molecule has 0 bridgehead atoms. The molecular formula is C33H37FN5O6PS. The van der Waals surface area contributed by atoms with Gasteiger partial charge >= 0.3 is 7.60 Å². The van der Waals surface area contributed by atoms with Crippen molar-refractivity contribution >= 4 is 46.7 Å². The Morgan fingerprint density at radius 2 is 1.87 bits per heavy atom. The van der Waals surface area contributed by atoms with Crippen LogP contribution in [0.4, 0.5) is 4.39 Å². The van der Waals surface area contributed by atoms with E-state index in [1.54, 1.807) is 9.80 Å². The minimum Gasteiger partial charge on any atom is -0.339 e. The van der Waals surface area contributed by atoms with E-state index < -0.39 is 31.5 Å². The molecule has 248 valence electrons. The summed E-state index contributed by atoms with van der Waals surface area (Å²) in [6.45, 7) is 4.33. The summed E-state index contributed by atoms with van der Waals surface area (Å²) in [5.74, 6) is -3.93. The Morgan fingerprint density at radius 3 is 2.57 bits per heavy atom. The maximum absolute atomic E-state index is 14.3. The molecule has 3 amide bonds. The SMILES string of the molecule is CCN1CC[C@H]2CC[C@@H](C(=O)N3C[C@@H](C#N)[C@H](c4ccccc4)C3)N2C(=O)[C@@H](NC(=O)c2cc3cc([C@H](F)P(=O)(O)O)ccc3s2)C1. The fourth-order valence-corrected chi connectivity index (χ4v) is 8.68. The standard InChI is InChI=1S/C33H37FN5O6PS/c1-2-37-13-12-24-9-10-27(33(42)38-17-23(16-35)25(18-38)20-6-4-3-5-7-20)39(24)32(41)26(19-37)36-31(40)29-15-22-14-21(8-11-28(22)47-29)30(34)46(43,44)45/h3-8,11,14-15,23-27,30H,2,9-10,12-13,17-19H2,1H3,(H,36,40)(H2,43,44,45)/t23-,24-,25+,26+,27+,30-/m1/s1. The van der Waals surface area contributed by atoms with E-state index in [0.717, 1.165) is 16.9 Å². The third kappa shape index (κ3) is 6.71. The smallest absolute Gasteiger partial charge is 0.339 e. The van der Waals surface area contributed by atoms with Gasteiger partial charge in [-0.2, -0.15) is 5.26 Å². The van der Waals surface area contributed by atoms with Crippen LogP contribution < -0.4 is 5.32 Å². The van der Waals surface area contributed by atoms with Crippen molar-refractivity contribution in [3.05, 3.63) is 70.6 Å². The summed E-state index contributed by atoms with van der Waals surface area (Å²) in [4.78, 5) is 66.2. The van der Waals surface area contributed by atoms with E-state index in [4.69, 9.17) is 0 Å². The van der Waals surface area contributed by atoms with Gasteiger partial charge in [0, 0.05) is 42.8 Å². The number of hydrogen-bond donors (Lipinski definition) is 3. The third-order valence-electron chi connectivity index (χ3n) is 9.67. The number of thiophene rings is 1. The Kier molecular flexibility index (Phi) is 9.52. The Hall–Kier alpha value is -3.66. The third-order valence-corrected chi connectivity index (χ3v) is 11.7. The second-order valence-electron chi connectivity index (χ2n) is 12.5. The van der Waals surface area contributed by atoms with Gasteiger partial charge in [-0.25, -0.2) is 4.39 Å². The number of nitrogens with one attached hydrogen (secondary N) is 1. The second kappa shape index (κ2) is 13.5. The molecule has 4 heterocycles. The predicted octanol–water partition coefficient (Wildman–Crippen LogP) is 4.00. The quantitative estimate of drug-likeness (QED) is 0.317. The van der Waals surface area contributed by atoms with E-state index in [2.05, 4.69) is 16.3 Å². The van der Waals surface area contributed by atoms with Gasteiger partial charge in [-0.3, -0.25) is 18.9 Å². The van der Waals surface area contributed by atoms with E-state index in [1.165, 1.54) is 24.3 Å². The van der Waals surface area contributed by atoms with Crippen molar-refractivity contribution in [2.75, 3.05) is 32.7 Å². The van der Waals surface area contributed by atoms with E-state index >= 15 is 0 Å². The lowest BCUT2D eigenvalue weighted by atomic mass is 9.90. The van der Waals surface area contributed by atoms with Crippen LogP contribution in [0, 0.1) is 17.2 Å². The number of halogens is 1. The lowest BCUT2D eigenvalue weighted by Crippen LogP contribution is -2.60. The zero-order valence-electron chi connectivity index (χ0n) is 25.9. The van der Waals surface area contributed by atoms with E-state index in [1.807, 2.05) is 37.3 Å². The molecule has 3 aromatic rings. The monoisotopic (exact) mass is 681 g/mol. The van der Waals surface area contributed by atoms with Crippen molar-refractivity contribution in [3.8, 4) is 6.07 Å². The Balaban J connectivity index is 1.22. The highest BCUT2D eigenvalue weighted by atomic mass is 32.1. The average molecular weight is 682 g/mol. The van der Waals surface area contributed by atoms with Crippen LogP contribution >= 0.6 is 18.9 Å². The van der Waals surface area contributed by atoms with Gasteiger partial charge in [0.2, 0.25) is 17.7 Å². The number of benzene rings is 2. The van der Waals surface area contributed by atoms with Crippen LogP contribution in [-0.2, 0) is 14.2 Å². The molecule has 3 aliphatic rings. The summed E-state index contributed by atoms with van der Waals surface area (Å²) in [6.07, 6.45) is 1.88. The van der Waals surface area contributed by atoms with Crippen LogP contribution in [-0.4, -0.2) is 93.1 Å². The highest BCUT2D eigenvalue weighted by Crippen LogP contribution is 2.53. The van der Waals surface area contributed by atoms with Crippen LogP contribution in [0.3, 0.4) is 0 Å². The van der Waals surface area contributed by atoms with Crippen LogP contribution in [0.1, 0.15) is 58.8 Å². The minimum absolute atomic E-state index is 0.111. The topological polar surface area (TPSA) is 154 Å². The van der Waals surface area contributed by atoms with Gasteiger partial charge in [0.05, 0.1) is 16.9 Å². The summed E-state index contributed by atoms with van der Waals surface area (Å²) in [7, 11) is -5.00. The maximum Gasteiger partial charge on any atom is 0.363 e. The average Bonchev–Trinajstić information content (AvgIpc) is 3.80. The van der Waals surface area contributed by atoms with E-state index in [-0.39, 0.29) is 46.7 Å². The molecule has 11 nitrogen and oxygen atoms in total. The predicted molar refractivity (Wildman–Crippen MR) is 174 cm³/mol. The molecule has 0 unspecified atom stereocenters. The van der Waals surface area contributed by atoms with Gasteiger partial charge in [0.25, 0.3) is 5.91 Å². The van der Waals surface area contributed by atoms with Gasteiger partial charge in [-0.15, -0.1) is 11.3 Å². The summed E-state index contributed by atoms with van der Waals surface area (Å²) in [5.41, 5.74) is 0.821. The molecule has 0 aliphatic carbocycles. The zero-order valence-corrected chi connectivity index (χ0v) is 27.6. The number of rotatable bonds is 7. The molecule has 6 rings (SSSR count). The van der Waals surface area contributed by atoms with Gasteiger partial charge in [0.15, 0.2) is 0 Å². The number of nitriles is 1. The lowest BCUT2D eigenvalue weighted by Gasteiger charge is -2.39. The van der Waals surface area contributed by atoms with Crippen molar-refractivity contribution < 1.29 is 33.1 Å². The first-order valence-corrected chi connectivity index (χ1v) is 18.3. The largest absolute Gasteiger partial charge is 0.363 e. The lowest BCUT2D eigenvalue weighted by molar-refractivity contribution is -0.147. The summed E-state index contributed by atoms with van der Waals surface area (Å²) in [5, 5.41) is 13.2. The van der Waals surface area contributed by atoms with E-state index in [0.29, 0.717) is 55.5 Å². The molecule has 0 spiro atoms. The Morgan fingerprint density at radius 1 is 1.11 bits per heavy atom. The molecule has 47 heavy (non-hydrogen) atoms. The molecule has 0 saturated carbocycles. The fraction of sp³-hybridized carbons (Fsp3) is 0.455. The first-order valence-electron chi connectivity index (χ1n) is 15.8. The molecule has 3 fully saturated rings. The summed E-state index contributed by atoms with van der Waals surface area (Å²) >= 11 is 1.13. The van der Waals surface area contributed by atoms with Crippen LogP contribution in [0.2, 0.25) is 0 Å². The van der Waals surface area contributed by atoms with Gasteiger partial charge < -0.3 is 29.8 Å². The number of likely N-dealkylation sites (N-methyl/N-ethyl adjacent to an activating group) is 1. The molecule has 2 aromatic carbocycles. The first kappa shape index (κ1) is 33.2. The summed E-state index contributed by atoms with van der Waals surface area (Å²) < 4.78 is 26.4. The van der Waals surface area contributed by atoms with Crippen LogP contribution in [0.15, 0.2) is 54.6 Å². The normalized spacial score (nSPS) is 26.0. The van der Waals surface area contributed by atoms with Crippen molar-refractivity contribution in [1.82, 2.24) is 20.0 Å². The van der Waals surface area contributed by atoms with Crippen molar-refractivity contribution in [2.24, 2.45) is 5.92 Å².